The van der Waals surface area contributed by atoms with Crippen molar-refractivity contribution >= 4 is 17.3 Å². The number of methoxy groups -OCH3 is 1. The van der Waals surface area contributed by atoms with E-state index in [-0.39, 0.29) is 5.60 Å². The molecular weight excluding hydrogens is 148 g/mol. The van der Waals surface area contributed by atoms with Crippen LogP contribution in [-0.2, 0) is 9.47 Å². The van der Waals surface area contributed by atoms with E-state index in [9.17, 15) is 0 Å². The third-order valence-corrected chi connectivity index (χ3v) is 1.29. The van der Waals surface area contributed by atoms with Gasteiger partial charge in [0, 0.05) is 14.0 Å². The molecule has 2 nitrogen and oxygen atoms in total. The Morgan fingerprint density at radius 1 is 1.50 bits per heavy atom. The van der Waals surface area contributed by atoms with Crippen molar-refractivity contribution in [2.24, 2.45) is 0 Å². The van der Waals surface area contributed by atoms with E-state index in [4.69, 9.17) is 21.7 Å². The normalized spacial score (nSPS) is 11.2. The van der Waals surface area contributed by atoms with Crippen LogP contribution in [-0.4, -0.2) is 24.4 Å². The Balaban J connectivity index is 3.56. The molecule has 0 bridgehead atoms. The van der Waals surface area contributed by atoms with Crippen LogP contribution in [0.5, 0.6) is 0 Å². The summed E-state index contributed by atoms with van der Waals surface area (Å²) in [6.45, 7) is 6.16. The van der Waals surface area contributed by atoms with Crippen LogP contribution in [0, 0.1) is 0 Å². The zero-order valence-corrected chi connectivity index (χ0v) is 7.75. The van der Waals surface area contributed by atoms with Crippen LogP contribution in [0.3, 0.4) is 0 Å². The van der Waals surface area contributed by atoms with Crippen molar-refractivity contribution in [3.05, 3.63) is 0 Å². The molecule has 0 N–H and O–H groups in total. The van der Waals surface area contributed by atoms with Crippen LogP contribution in [0.2, 0.25) is 0 Å². The van der Waals surface area contributed by atoms with Crippen molar-refractivity contribution in [3.8, 4) is 0 Å². The molecule has 0 amide bonds. The highest BCUT2D eigenvalue weighted by Gasteiger charge is 2.16. The number of thiocarbonyl (C=S) groups is 1. The molecule has 0 spiro atoms. The molecule has 60 valence electrons. The largest absolute Gasteiger partial charge is 0.484 e. The van der Waals surface area contributed by atoms with Gasteiger partial charge in [-0.2, -0.15) is 0 Å². The Hall–Kier alpha value is -0.150. The average Bonchev–Trinajstić information content (AvgIpc) is 1.85. The highest BCUT2D eigenvalue weighted by molar-refractivity contribution is 7.80. The lowest BCUT2D eigenvalue weighted by Gasteiger charge is -2.22. The summed E-state index contributed by atoms with van der Waals surface area (Å²) >= 11 is 4.73. The molecule has 0 atom stereocenters. The molecule has 0 fully saturated rings. The summed E-state index contributed by atoms with van der Waals surface area (Å²) in [5.41, 5.74) is -0.236. The molecule has 0 heterocycles. The summed E-state index contributed by atoms with van der Waals surface area (Å²) in [5.74, 6) is 0. The summed E-state index contributed by atoms with van der Waals surface area (Å²) in [6.07, 6.45) is 0. The molecule has 0 unspecified atom stereocenters. The SMILES string of the molecule is COC(C)(C)COC(C)=S. The maximum absolute atomic E-state index is 5.10. The van der Waals surface area contributed by atoms with Crippen LogP contribution in [0.1, 0.15) is 20.8 Å². The predicted molar refractivity (Wildman–Crippen MR) is 45.3 cm³/mol. The molecule has 0 aliphatic carbocycles. The van der Waals surface area contributed by atoms with E-state index in [1.807, 2.05) is 13.8 Å². The topological polar surface area (TPSA) is 18.5 Å². The van der Waals surface area contributed by atoms with Crippen molar-refractivity contribution in [1.82, 2.24) is 0 Å². The molecule has 0 aliphatic rings. The summed E-state index contributed by atoms with van der Waals surface area (Å²) in [7, 11) is 1.65. The minimum atomic E-state index is -0.236. The highest BCUT2D eigenvalue weighted by atomic mass is 32.1. The number of hydrogen-bond donors (Lipinski definition) is 0. The molecule has 3 heteroatoms. The number of rotatable bonds is 3. The zero-order valence-electron chi connectivity index (χ0n) is 6.93. The van der Waals surface area contributed by atoms with E-state index in [2.05, 4.69) is 0 Å². The Morgan fingerprint density at radius 3 is 2.30 bits per heavy atom. The first kappa shape index (κ1) is 9.85. The lowest BCUT2D eigenvalue weighted by molar-refractivity contribution is -0.0175. The number of hydrogen-bond acceptors (Lipinski definition) is 3. The van der Waals surface area contributed by atoms with Gasteiger partial charge in [0.05, 0.1) is 5.60 Å². The molecule has 0 aliphatic heterocycles. The lowest BCUT2D eigenvalue weighted by atomic mass is 10.1. The van der Waals surface area contributed by atoms with Crippen molar-refractivity contribution in [2.45, 2.75) is 26.4 Å². The van der Waals surface area contributed by atoms with E-state index >= 15 is 0 Å². The van der Waals surface area contributed by atoms with Crippen molar-refractivity contribution in [3.63, 3.8) is 0 Å². The fraction of sp³-hybridized carbons (Fsp3) is 0.857. The van der Waals surface area contributed by atoms with Crippen molar-refractivity contribution in [1.29, 1.82) is 0 Å². The van der Waals surface area contributed by atoms with Gasteiger partial charge in [-0.3, -0.25) is 0 Å². The minimum absolute atomic E-state index is 0.236. The fourth-order valence-electron chi connectivity index (χ4n) is 0.334. The van der Waals surface area contributed by atoms with Gasteiger partial charge < -0.3 is 9.47 Å². The van der Waals surface area contributed by atoms with E-state index < -0.39 is 0 Å². The fourth-order valence-corrected chi connectivity index (χ4v) is 0.393. The van der Waals surface area contributed by atoms with Crippen LogP contribution < -0.4 is 0 Å². The van der Waals surface area contributed by atoms with Crippen LogP contribution in [0.25, 0.3) is 0 Å². The van der Waals surface area contributed by atoms with Crippen molar-refractivity contribution in [2.75, 3.05) is 13.7 Å². The summed E-state index contributed by atoms with van der Waals surface area (Å²) in [6, 6.07) is 0. The first-order valence-corrected chi connectivity index (χ1v) is 3.57. The molecular formula is C7H14O2S. The smallest absolute Gasteiger partial charge is 0.156 e. The molecule has 0 aromatic carbocycles. The van der Waals surface area contributed by atoms with E-state index in [0.29, 0.717) is 11.7 Å². The molecule has 0 radical (unpaired) electrons. The second-order valence-electron chi connectivity index (χ2n) is 2.74. The Bertz CT molecular complexity index is 121. The minimum Gasteiger partial charge on any atom is -0.484 e. The first-order chi connectivity index (χ1) is 4.48. The van der Waals surface area contributed by atoms with Gasteiger partial charge in [-0.05, 0) is 26.1 Å². The van der Waals surface area contributed by atoms with E-state index in [1.54, 1.807) is 14.0 Å². The van der Waals surface area contributed by atoms with Gasteiger partial charge in [-0.15, -0.1) is 0 Å². The second-order valence-corrected chi connectivity index (χ2v) is 3.32. The van der Waals surface area contributed by atoms with Gasteiger partial charge in [0.1, 0.15) is 6.61 Å². The van der Waals surface area contributed by atoms with Gasteiger partial charge in [-0.25, -0.2) is 0 Å². The van der Waals surface area contributed by atoms with Crippen LogP contribution in [0.4, 0.5) is 0 Å². The van der Waals surface area contributed by atoms with Gasteiger partial charge in [0.15, 0.2) is 5.05 Å². The maximum Gasteiger partial charge on any atom is 0.156 e. The molecule has 0 saturated heterocycles. The van der Waals surface area contributed by atoms with Gasteiger partial charge in [0.25, 0.3) is 0 Å². The summed E-state index contributed by atoms with van der Waals surface area (Å²) < 4.78 is 10.2. The molecule has 0 aromatic rings. The van der Waals surface area contributed by atoms with Gasteiger partial charge in [0.2, 0.25) is 0 Å². The predicted octanol–water partition coefficient (Wildman–Crippen LogP) is 1.78. The van der Waals surface area contributed by atoms with Gasteiger partial charge in [-0.1, -0.05) is 0 Å². The quantitative estimate of drug-likeness (QED) is 0.589. The number of ether oxygens (including phenoxy) is 2. The Kier molecular flexibility index (Phi) is 3.83. The maximum atomic E-state index is 5.10. The van der Waals surface area contributed by atoms with Gasteiger partial charge >= 0.3 is 0 Å². The van der Waals surface area contributed by atoms with Crippen LogP contribution in [0.15, 0.2) is 0 Å². The first-order valence-electron chi connectivity index (χ1n) is 3.16. The summed E-state index contributed by atoms with van der Waals surface area (Å²) in [4.78, 5) is 0. The second kappa shape index (κ2) is 3.88. The standard InChI is InChI=1S/C7H14O2S/c1-6(10)9-5-7(2,3)8-4/h5H2,1-4H3. The zero-order chi connectivity index (χ0) is 8.20. The highest BCUT2D eigenvalue weighted by Crippen LogP contribution is 2.07. The molecule has 0 saturated carbocycles. The monoisotopic (exact) mass is 162 g/mol. The average molecular weight is 162 g/mol. The Labute approximate surface area is 67.5 Å². The van der Waals surface area contributed by atoms with Crippen LogP contribution >= 0.6 is 12.2 Å². The third kappa shape index (κ3) is 4.70. The summed E-state index contributed by atoms with van der Waals surface area (Å²) in [5, 5.41) is 0.560. The molecule has 0 rings (SSSR count). The molecule has 10 heavy (non-hydrogen) atoms. The van der Waals surface area contributed by atoms with E-state index in [1.165, 1.54) is 0 Å². The molecule has 0 aromatic heterocycles. The third-order valence-electron chi connectivity index (χ3n) is 1.18. The van der Waals surface area contributed by atoms with Crippen molar-refractivity contribution < 1.29 is 9.47 Å². The van der Waals surface area contributed by atoms with E-state index in [0.717, 1.165) is 0 Å². The lowest BCUT2D eigenvalue weighted by Crippen LogP contribution is -2.29. The Morgan fingerprint density at radius 2 is 2.00 bits per heavy atom.